The minimum absolute atomic E-state index is 0.0723. The highest BCUT2D eigenvalue weighted by Crippen LogP contribution is 2.37. The number of benzene rings is 1. The van der Waals surface area contributed by atoms with Gasteiger partial charge in [0.1, 0.15) is 22.8 Å². The Morgan fingerprint density at radius 2 is 1.74 bits per heavy atom. The van der Waals surface area contributed by atoms with Crippen molar-refractivity contribution in [3.05, 3.63) is 23.8 Å². The maximum absolute atomic E-state index is 13.7. The van der Waals surface area contributed by atoms with Crippen molar-refractivity contribution in [2.45, 2.75) is 64.5 Å². The van der Waals surface area contributed by atoms with E-state index in [1.165, 1.54) is 12.8 Å². The number of fused-ring (bicyclic) bond motifs is 1. The molecule has 3 fully saturated rings. The van der Waals surface area contributed by atoms with Crippen molar-refractivity contribution in [3.63, 3.8) is 0 Å². The van der Waals surface area contributed by atoms with Crippen LogP contribution in [0.3, 0.4) is 0 Å². The molecule has 0 spiro atoms. The second-order valence-electron chi connectivity index (χ2n) is 11.1. The number of nitrogens with zero attached hydrogens (tertiary/aromatic N) is 4. The van der Waals surface area contributed by atoms with E-state index in [0.717, 1.165) is 60.3 Å². The average molecular weight is 539 g/mol. The number of carbonyl (C=O) groups is 2. The quantitative estimate of drug-likeness (QED) is 0.477. The number of hydrogen-bond acceptors (Lipinski definition) is 7. The van der Waals surface area contributed by atoms with E-state index in [1.54, 1.807) is 21.1 Å². The molecule has 39 heavy (non-hydrogen) atoms. The lowest BCUT2D eigenvalue weighted by atomic mass is 10.0. The Balaban J connectivity index is 1.51. The third kappa shape index (κ3) is 6.24. The summed E-state index contributed by atoms with van der Waals surface area (Å²) in [4.78, 5) is 37.0. The predicted octanol–water partition coefficient (Wildman–Crippen LogP) is 4.01. The van der Waals surface area contributed by atoms with Gasteiger partial charge in [0.2, 0.25) is 11.8 Å². The summed E-state index contributed by atoms with van der Waals surface area (Å²) in [7, 11) is 3.30. The molecule has 1 saturated carbocycles. The molecule has 1 aromatic heterocycles. The minimum atomic E-state index is 0.0723. The van der Waals surface area contributed by atoms with Crippen LogP contribution in [0.4, 0.5) is 5.82 Å². The predicted molar refractivity (Wildman–Crippen MR) is 150 cm³/mol. The monoisotopic (exact) mass is 538 g/mol. The van der Waals surface area contributed by atoms with Crippen LogP contribution in [0.1, 0.15) is 57.4 Å². The van der Waals surface area contributed by atoms with Gasteiger partial charge in [0, 0.05) is 70.2 Å². The molecule has 1 aliphatic carbocycles. The Kier molecular flexibility index (Phi) is 8.75. The zero-order valence-corrected chi connectivity index (χ0v) is 23.6. The van der Waals surface area contributed by atoms with Crippen molar-refractivity contribution in [1.29, 1.82) is 0 Å². The maximum atomic E-state index is 13.7. The van der Waals surface area contributed by atoms with E-state index in [1.807, 2.05) is 21.9 Å². The van der Waals surface area contributed by atoms with Gasteiger partial charge < -0.3 is 28.9 Å². The highest BCUT2D eigenvalue weighted by Gasteiger charge is 2.29. The molecule has 1 atom stereocenters. The van der Waals surface area contributed by atoms with E-state index in [2.05, 4.69) is 11.0 Å². The first-order valence-corrected chi connectivity index (χ1v) is 14.4. The second kappa shape index (κ2) is 12.4. The zero-order valence-electron chi connectivity index (χ0n) is 23.6. The molecule has 3 heterocycles. The highest BCUT2D eigenvalue weighted by molar-refractivity contribution is 5.92. The lowest BCUT2D eigenvalue weighted by Gasteiger charge is -2.36. The molecule has 2 aromatic rings. The van der Waals surface area contributed by atoms with E-state index < -0.39 is 0 Å². The fourth-order valence-electron chi connectivity index (χ4n) is 6.29. The van der Waals surface area contributed by atoms with Gasteiger partial charge in [-0.3, -0.25) is 9.59 Å². The summed E-state index contributed by atoms with van der Waals surface area (Å²) in [5.74, 6) is 2.99. The summed E-state index contributed by atoms with van der Waals surface area (Å²) in [5, 5.41) is 0.860. The van der Waals surface area contributed by atoms with Crippen LogP contribution in [0.25, 0.3) is 10.9 Å². The smallest absolute Gasteiger partial charge is 0.223 e. The first-order chi connectivity index (χ1) is 19.0. The Hall–Kier alpha value is -3.07. The number of anilines is 1. The molecule has 0 bridgehead atoms. The summed E-state index contributed by atoms with van der Waals surface area (Å²) in [6.45, 7) is 6.07. The summed E-state index contributed by atoms with van der Waals surface area (Å²) in [5.41, 5.74) is 1.70. The van der Waals surface area contributed by atoms with Crippen LogP contribution in [-0.2, 0) is 20.9 Å². The minimum Gasteiger partial charge on any atom is -0.496 e. The molecule has 1 unspecified atom stereocenters. The average Bonchev–Trinajstić information content (AvgIpc) is 3.66. The SMILES string of the molecule is COc1ccc(OC)c2nc(N3CCN(C(C)=O)CC3)c(CN(CC3CCCO3)C(=O)CC3CCCC3)cc12. The van der Waals surface area contributed by atoms with Gasteiger partial charge in [0.05, 0.1) is 20.3 Å². The third-order valence-corrected chi connectivity index (χ3v) is 8.53. The fourth-order valence-corrected chi connectivity index (χ4v) is 6.29. The molecule has 2 saturated heterocycles. The molecule has 1 aromatic carbocycles. The number of carbonyl (C=O) groups excluding carboxylic acids is 2. The Morgan fingerprint density at radius 1 is 1.03 bits per heavy atom. The van der Waals surface area contributed by atoms with Gasteiger partial charge in [-0.1, -0.05) is 12.8 Å². The molecular weight excluding hydrogens is 496 g/mol. The van der Waals surface area contributed by atoms with Crippen LogP contribution in [0.15, 0.2) is 18.2 Å². The molecular formula is C30H42N4O5. The van der Waals surface area contributed by atoms with Gasteiger partial charge in [-0.25, -0.2) is 4.98 Å². The van der Waals surface area contributed by atoms with Crippen molar-refractivity contribution in [3.8, 4) is 11.5 Å². The van der Waals surface area contributed by atoms with Crippen LogP contribution in [-0.4, -0.2) is 86.3 Å². The van der Waals surface area contributed by atoms with Gasteiger partial charge in [-0.2, -0.15) is 0 Å². The van der Waals surface area contributed by atoms with E-state index in [4.69, 9.17) is 19.2 Å². The number of hydrogen-bond donors (Lipinski definition) is 0. The van der Waals surface area contributed by atoms with Crippen molar-refractivity contribution >= 4 is 28.5 Å². The Bertz CT molecular complexity index is 1170. The summed E-state index contributed by atoms with van der Waals surface area (Å²) < 4.78 is 17.3. The number of ether oxygens (including phenoxy) is 3. The van der Waals surface area contributed by atoms with Gasteiger partial charge in [0.25, 0.3) is 0 Å². The number of aromatic nitrogens is 1. The van der Waals surface area contributed by atoms with Crippen LogP contribution in [0.2, 0.25) is 0 Å². The van der Waals surface area contributed by atoms with Crippen molar-refractivity contribution in [2.24, 2.45) is 5.92 Å². The highest BCUT2D eigenvalue weighted by atomic mass is 16.5. The Labute approximate surface area is 231 Å². The molecule has 212 valence electrons. The van der Waals surface area contributed by atoms with Crippen molar-refractivity contribution < 1.29 is 23.8 Å². The molecule has 9 heteroatoms. The number of piperazine rings is 1. The first-order valence-electron chi connectivity index (χ1n) is 14.4. The number of rotatable bonds is 9. The number of pyridine rings is 1. The molecule has 0 N–H and O–H groups in total. The lowest BCUT2D eigenvalue weighted by molar-refractivity contribution is -0.134. The van der Waals surface area contributed by atoms with E-state index in [9.17, 15) is 9.59 Å². The second-order valence-corrected chi connectivity index (χ2v) is 11.1. The summed E-state index contributed by atoms with van der Waals surface area (Å²) >= 11 is 0. The normalized spacial score (nSPS) is 20.0. The van der Waals surface area contributed by atoms with E-state index in [0.29, 0.717) is 57.4 Å². The Morgan fingerprint density at radius 3 is 2.38 bits per heavy atom. The lowest BCUT2D eigenvalue weighted by Crippen LogP contribution is -2.48. The summed E-state index contributed by atoms with van der Waals surface area (Å²) in [6.07, 6.45) is 7.40. The van der Waals surface area contributed by atoms with Crippen LogP contribution >= 0.6 is 0 Å². The van der Waals surface area contributed by atoms with Crippen LogP contribution < -0.4 is 14.4 Å². The molecule has 2 amide bonds. The van der Waals surface area contributed by atoms with Crippen LogP contribution in [0.5, 0.6) is 11.5 Å². The molecule has 0 radical (unpaired) electrons. The summed E-state index contributed by atoms with van der Waals surface area (Å²) in [6, 6.07) is 5.88. The fraction of sp³-hybridized carbons (Fsp3) is 0.633. The van der Waals surface area contributed by atoms with Gasteiger partial charge in [0.15, 0.2) is 0 Å². The van der Waals surface area contributed by atoms with Gasteiger partial charge >= 0.3 is 0 Å². The zero-order chi connectivity index (χ0) is 27.4. The molecule has 2 aliphatic heterocycles. The largest absolute Gasteiger partial charge is 0.496 e. The standard InChI is InChI=1S/C30H42N4O5/c1-21(35)32-12-14-33(15-13-32)30-23(18-25-26(37-2)10-11-27(38-3)29(25)31-30)19-34(20-24-9-6-16-39-24)28(36)17-22-7-4-5-8-22/h10-11,18,22,24H,4-9,12-17,19-20H2,1-3H3. The number of methoxy groups -OCH3 is 2. The van der Waals surface area contributed by atoms with Gasteiger partial charge in [-0.15, -0.1) is 0 Å². The topological polar surface area (TPSA) is 84.4 Å². The van der Waals surface area contributed by atoms with E-state index >= 15 is 0 Å². The molecule has 9 nitrogen and oxygen atoms in total. The van der Waals surface area contributed by atoms with Crippen molar-refractivity contribution in [1.82, 2.24) is 14.8 Å². The van der Waals surface area contributed by atoms with Crippen molar-refractivity contribution in [2.75, 3.05) is 58.5 Å². The molecule has 5 rings (SSSR count). The maximum Gasteiger partial charge on any atom is 0.223 e. The number of amides is 2. The van der Waals surface area contributed by atoms with Crippen LogP contribution in [0, 0.1) is 5.92 Å². The van der Waals surface area contributed by atoms with Gasteiger partial charge in [-0.05, 0) is 49.8 Å². The molecule has 3 aliphatic rings. The third-order valence-electron chi connectivity index (χ3n) is 8.53. The first kappa shape index (κ1) is 27.5. The van der Waals surface area contributed by atoms with E-state index in [-0.39, 0.29) is 17.9 Å².